The first kappa shape index (κ1) is 25.1. The molecule has 0 spiro atoms. The summed E-state index contributed by atoms with van der Waals surface area (Å²) >= 11 is 17.3. The van der Waals surface area contributed by atoms with Gasteiger partial charge in [0.05, 0.1) is 5.75 Å². The molecule has 1 atom stereocenters. The van der Waals surface area contributed by atoms with E-state index in [4.69, 9.17) is 23.2 Å². The van der Waals surface area contributed by atoms with E-state index in [9.17, 15) is 9.59 Å². The van der Waals surface area contributed by atoms with Crippen LogP contribution in [0.25, 0.3) is 0 Å². The first-order chi connectivity index (χ1) is 14.3. The van der Waals surface area contributed by atoms with E-state index in [1.54, 1.807) is 23.1 Å². The molecular formula is C22H25BrCl2N2O2S. The summed E-state index contributed by atoms with van der Waals surface area (Å²) in [5.74, 6) is 0.738. The molecule has 0 saturated carbocycles. The normalized spacial score (nSPS) is 11.8. The molecule has 8 heteroatoms. The van der Waals surface area contributed by atoms with Crippen molar-refractivity contribution >= 4 is 62.7 Å². The second-order valence-electron chi connectivity index (χ2n) is 6.70. The number of benzene rings is 2. The molecule has 0 heterocycles. The molecule has 2 aromatic rings. The van der Waals surface area contributed by atoms with Gasteiger partial charge in [0.15, 0.2) is 0 Å². The number of carbonyl (C=O) groups excluding carboxylic acids is 2. The minimum Gasteiger partial charge on any atom is -0.355 e. The van der Waals surface area contributed by atoms with Gasteiger partial charge in [-0.25, -0.2) is 0 Å². The van der Waals surface area contributed by atoms with E-state index in [-0.39, 0.29) is 24.1 Å². The van der Waals surface area contributed by atoms with Crippen LogP contribution in [0.1, 0.15) is 31.4 Å². The molecule has 0 unspecified atom stereocenters. The van der Waals surface area contributed by atoms with Gasteiger partial charge < -0.3 is 10.2 Å². The monoisotopic (exact) mass is 530 g/mol. The Bertz CT molecular complexity index is 865. The van der Waals surface area contributed by atoms with E-state index in [0.29, 0.717) is 28.8 Å². The van der Waals surface area contributed by atoms with Crippen molar-refractivity contribution < 1.29 is 9.59 Å². The smallest absolute Gasteiger partial charge is 0.242 e. The lowest BCUT2D eigenvalue weighted by atomic mass is 10.1. The molecule has 0 fully saturated rings. The van der Waals surface area contributed by atoms with Gasteiger partial charge in [-0.15, -0.1) is 11.8 Å². The number of nitrogens with one attached hydrogen (secondary N) is 1. The van der Waals surface area contributed by atoms with Crippen LogP contribution in [0.3, 0.4) is 0 Å². The lowest BCUT2D eigenvalue weighted by molar-refractivity contribution is -0.139. The lowest BCUT2D eigenvalue weighted by Gasteiger charge is -2.30. The summed E-state index contributed by atoms with van der Waals surface area (Å²) in [4.78, 5) is 27.4. The minimum absolute atomic E-state index is 0.0961. The molecule has 0 bridgehead atoms. The van der Waals surface area contributed by atoms with Gasteiger partial charge >= 0.3 is 0 Å². The van der Waals surface area contributed by atoms with Crippen molar-refractivity contribution in [1.29, 1.82) is 0 Å². The van der Waals surface area contributed by atoms with Gasteiger partial charge in [0.2, 0.25) is 11.8 Å². The Balaban J connectivity index is 2.14. The van der Waals surface area contributed by atoms with Gasteiger partial charge in [0, 0.05) is 33.4 Å². The summed E-state index contributed by atoms with van der Waals surface area (Å²) in [5, 5.41) is 3.84. The van der Waals surface area contributed by atoms with Crippen LogP contribution in [-0.4, -0.2) is 35.1 Å². The van der Waals surface area contributed by atoms with Gasteiger partial charge in [0.1, 0.15) is 6.04 Å². The Morgan fingerprint density at radius 2 is 1.83 bits per heavy atom. The van der Waals surface area contributed by atoms with Crippen LogP contribution in [0.5, 0.6) is 0 Å². The fourth-order valence-corrected chi connectivity index (χ4v) is 4.57. The number of likely N-dealkylation sites (N-methyl/N-ethyl adjacent to an activating group) is 1. The Labute approximate surface area is 200 Å². The summed E-state index contributed by atoms with van der Waals surface area (Å²) < 4.78 is 1.02. The van der Waals surface area contributed by atoms with E-state index < -0.39 is 6.04 Å². The highest BCUT2D eigenvalue weighted by Crippen LogP contribution is 2.24. The summed E-state index contributed by atoms with van der Waals surface area (Å²) in [6.07, 6.45) is 0.514. The van der Waals surface area contributed by atoms with Gasteiger partial charge in [-0.2, -0.15) is 0 Å². The zero-order chi connectivity index (χ0) is 22.1. The zero-order valence-corrected chi connectivity index (χ0v) is 20.9. The molecular weight excluding hydrogens is 507 g/mol. The standard InChI is InChI=1S/C22H25BrCl2N2O2S/c1-3-20(22(29)26-4-2)27(12-16-7-10-18(24)11-19(16)25)21(28)14-30-13-15-5-8-17(23)9-6-15/h5-11,20H,3-4,12-14H2,1-2H3,(H,26,29)/t20-/m0/s1. The molecule has 2 amide bonds. The quantitative estimate of drug-likeness (QED) is 0.413. The predicted octanol–water partition coefficient (Wildman–Crippen LogP) is 5.93. The van der Waals surface area contributed by atoms with Crippen molar-refractivity contribution in [3.05, 3.63) is 68.1 Å². The van der Waals surface area contributed by atoms with Gasteiger partial charge in [-0.05, 0) is 48.7 Å². The molecule has 0 aliphatic heterocycles. The second kappa shape index (κ2) is 12.6. The first-order valence-corrected chi connectivity index (χ1v) is 12.4. The summed E-state index contributed by atoms with van der Waals surface area (Å²) in [6.45, 7) is 4.53. The minimum atomic E-state index is -0.558. The SMILES string of the molecule is CCNC(=O)[C@H](CC)N(Cc1ccc(Cl)cc1Cl)C(=O)CSCc1ccc(Br)cc1. The van der Waals surface area contributed by atoms with Crippen LogP contribution in [0.4, 0.5) is 0 Å². The Morgan fingerprint density at radius 3 is 2.43 bits per heavy atom. The van der Waals surface area contributed by atoms with E-state index >= 15 is 0 Å². The second-order valence-corrected chi connectivity index (χ2v) is 9.44. The molecule has 0 saturated heterocycles. The van der Waals surface area contributed by atoms with Crippen LogP contribution in [0.15, 0.2) is 46.9 Å². The van der Waals surface area contributed by atoms with Gasteiger partial charge in [0.25, 0.3) is 0 Å². The number of rotatable bonds is 10. The molecule has 2 rings (SSSR count). The number of hydrogen-bond donors (Lipinski definition) is 1. The molecule has 0 aromatic heterocycles. The molecule has 30 heavy (non-hydrogen) atoms. The van der Waals surface area contributed by atoms with E-state index in [0.717, 1.165) is 15.6 Å². The number of amides is 2. The van der Waals surface area contributed by atoms with E-state index in [2.05, 4.69) is 21.2 Å². The third kappa shape index (κ3) is 7.49. The van der Waals surface area contributed by atoms with E-state index in [1.807, 2.05) is 38.1 Å². The topological polar surface area (TPSA) is 49.4 Å². The van der Waals surface area contributed by atoms with Gasteiger partial charge in [-0.1, -0.05) is 64.3 Å². The summed E-state index contributed by atoms with van der Waals surface area (Å²) in [6, 6.07) is 12.6. The van der Waals surface area contributed by atoms with Crippen molar-refractivity contribution in [3.8, 4) is 0 Å². The van der Waals surface area contributed by atoms with Crippen LogP contribution in [0.2, 0.25) is 10.0 Å². The third-order valence-corrected chi connectivity index (χ3v) is 6.60. The van der Waals surface area contributed by atoms with Crippen LogP contribution >= 0.6 is 50.9 Å². The maximum absolute atomic E-state index is 13.1. The van der Waals surface area contributed by atoms with Crippen LogP contribution in [-0.2, 0) is 21.9 Å². The molecule has 2 aromatic carbocycles. The first-order valence-electron chi connectivity index (χ1n) is 9.69. The van der Waals surface area contributed by atoms with Crippen LogP contribution < -0.4 is 5.32 Å². The Kier molecular flexibility index (Phi) is 10.5. The van der Waals surface area contributed by atoms with Crippen molar-refractivity contribution in [2.45, 2.75) is 38.6 Å². The number of thioether (sulfide) groups is 1. The van der Waals surface area contributed by atoms with Gasteiger partial charge in [-0.3, -0.25) is 9.59 Å². The number of carbonyl (C=O) groups is 2. The predicted molar refractivity (Wildman–Crippen MR) is 130 cm³/mol. The zero-order valence-electron chi connectivity index (χ0n) is 17.0. The largest absolute Gasteiger partial charge is 0.355 e. The molecule has 1 N–H and O–H groups in total. The molecule has 0 aliphatic rings. The molecule has 0 aliphatic carbocycles. The fourth-order valence-electron chi connectivity index (χ4n) is 2.96. The highest BCUT2D eigenvalue weighted by atomic mass is 79.9. The van der Waals surface area contributed by atoms with Crippen molar-refractivity contribution in [2.24, 2.45) is 0 Å². The van der Waals surface area contributed by atoms with Crippen LogP contribution in [0, 0.1) is 0 Å². The fraction of sp³-hybridized carbons (Fsp3) is 0.364. The highest BCUT2D eigenvalue weighted by Gasteiger charge is 2.28. The van der Waals surface area contributed by atoms with Crippen molar-refractivity contribution in [3.63, 3.8) is 0 Å². The molecule has 4 nitrogen and oxygen atoms in total. The van der Waals surface area contributed by atoms with Crippen molar-refractivity contribution in [2.75, 3.05) is 12.3 Å². The third-order valence-electron chi connectivity index (χ3n) is 4.50. The average molecular weight is 532 g/mol. The lowest BCUT2D eigenvalue weighted by Crippen LogP contribution is -2.49. The number of hydrogen-bond acceptors (Lipinski definition) is 3. The number of halogens is 3. The Morgan fingerprint density at radius 1 is 1.13 bits per heavy atom. The summed E-state index contributed by atoms with van der Waals surface area (Å²) in [7, 11) is 0. The van der Waals surface area contributed by atoms with Crippen molar-refractivity contribution in [1.82, 2.24) is 10.2 Å². The maximum atomic E-state index is 13.1. The molecule has 0 radical (unpaired) electrons. The molecule has 162 valence electrons. The Hall–Kier alpha value is -1.21. The average Bonchev–Trinajstić information content (AvgIpc) is 2.71. The number of nitrogens with zero attached hydrogens (tertiary/aromatic N) is 1. The van der Waals surface area contributed by atoms with E-state index in [1.165, 1.54) is 11.8 Å². The maximum Gasteiger partial charge on any atom is 0.242 e. The highest BCUT2D eigenvalue weighted by molar-refractivity contribution is 9.10. The summed E-state index contributed by atoms with van der Waals surface area (Å²) in [5.41, 5.74) is 1.90.